The summed E-state index contributed by atoms with van der Waals surface area (Å²) in [5.41, 5.74) is 4.68. The minimum Gasteiger partial charge on any atom is -0.495 e. The van der Waals surface area contributed by atoms with Crippen molar-refractivity contribution in [3.05, 3.63) is 40.3 Å². The van der Waals surface area contributed by atoms with E-state index >= 15 is 0 Å². The van der Waals surface area contributed by atoms with Crippen LogP contribution >= 0.6 is 15.9 Å². The molecule has 0 spiro atoms. The van der Waals surface area contributed by atoms with E-state index in [1.807, 2.05) is 35.8 Å². The summed E-state index contributed by atoms with van der Waals surface area (Å²) in [6.07, 6.45) is 4.16. The van der Waals surface area contributed by atoms with Gasteiger partial charge in [-0.1, -0.05) is 0 Å². The molecule has 0 aliphatic heterocycles. The van der Waals surface area contributed by atoms with Gasteiger partial charge < -0.3 is 4.74 Å². The van der Waals surface area contributed by atoms with E-state index in [2.05, 4.69) is 25.9 Å². The summed E-state index contributed by atoms with van der Waals surface area (Å²) in [7, 11) is 1.68. The molecule has 3 aromatic rings. The lowest BCUT2D eigenvalue weighted by Gasteiger charge is -2.08. The molecule has 0 amide bonds. The predicted octanol–water partition coefficient (Wildman–Crippen LogP) is 3.75. The number of aromatic nitrogens is 4. The van der Waals surface area contributed by atoms with Crippen molar-refractivity contribution in [3.8, 4) is 17.1 Å². The van der Waals surface area contributed by atoms with Gasteiger partial charge in [0.25, 0.3) is 0 Å². The van der Waals surface area contributed by atoms with E-state index in [1.165, 1.54) is 12.8 Å². The Kier molecular flexibility index (Phi) is 3.14. The first-order valence-corrected chi connectivity index (χ1v) is 8.02. The highest BCUT2D eigenvalue weighted by Crippen LogP contribution is 2.43. The molecule has 0 unspecified atom stereocenters. The summed E-state index contributed by atoms with van der Waals surface area (Å²) in [6.45, 7) is 2.05. The zero-order valence-corrected chi connectivity index (χ0v) is 14.0. The third kappa shape index (κ3) is 2.27. The van der Waals surface area contributed by atoms with Gasteiger partial charge in [-0.2, -0.15) is 5.10 Å². The van der Waals surface area contributed by atoms with E-state index in [0.717, 1.165) is 38.6 Å². The molecule has 0 saturated heterocycles. The molecule has 5 nitrogen and oxygen atoms in total. The monoisotopic (exact) mass is 358 g/mol. The number of hydrogen-bond acceptors (Lipinski definition) is 4. The van der Waals surface area contributed by atoms with Gasteiger partial charge in [-0.25, -0.2) is 14.5 Å². The van der Waals surface area contributed by atoms with Crippen LogP contribution in [0.5, 0.6) is 5.75 Å². The molecule has 112 valence electrons. The Hall–Kier alpha value is -1.95. The molecule has 0 N–H and O–H groups in total. The summed E-state index contributed by atoms with van der Waals surface area (Å²) >= 11 is 3.45. The molecule has 0 radical (unpaired) electrons. The maximum absolute atomic E-state index is 5.47. The van der Waals surface area contributed by atoms with Gasteiger partial charge in [-0.05, 0) is 53.4 Å². The van der Waals surface area contributed by atoms with Crippen molar-refractivity contribution in [2.24, 2.45) is 0 Å². The maximum atomic E-state index is 5.47. The summed E-state index contributed by atoms with van der Waals surface area (Å²) in [5, 5.41) is 4.78. The molecular weight excluding hydrogens is 344 g/mol. The minimum absolute atomic E-state index is 0.506. The van der Waals surface area contributed by atoms with Crippen LogP contribution in [0.2, 0.25) is 0 Å². The van der Waals surface area contributed by atoms with E-state index in [0.29, 0.717) is 5.92 Å². The highest BCUT2D eigenvalue weighted by molar-refractivity contribution is 9.10. The van der Waals surface area contributed by atoms with Gasteiger partial charge in [0.05, 0.1) is 19.0 Å². The fraction of sp³-hybridized carbons (Fsp3) is 0.312. The van der Waals surface area contributed by atoms with Crippen LogP contribution in [0.25, 0.3) is 17.0 Å². The summed E-state index contributed by atoms with van der Waals surface area (Å²) < 4.78 is 8.15. The van der Waals surface area contributed by atoms with E-state index in [1.54, 1.807) is 7.11 Å². The van der Waals surface area contributed by atoms with Gasteiger partial charge in [0.2, 0.25) is 0 Å². The van der Waals surface area contributed by atoms with Crippen LogP contribution in [0.15, 0.2) is 29.0 Å². The Morgan fingerprint density at radius 3 is 2.77 bits per heavy atom. The summed E-state index contributed by atoms with van der Waals surface area (Å²) in [6, 6.07) is 5.98. The van der Waals surface area contributed by atoms with Crippen molar-refractivity contribution in [3.63, 3.8) is 0 Å². The number of ether oxygens (including phenoxy) is 1. The summed E-state index contributed by atoms with van der Waals surface area (Å²) in [4.78, 5) is 8.99. The molecule has 0 aromatic carbocycles. The number of fused-ring (bicyclic) bond motifs is 1. The third-order valence-electron chi connectivity index (χ3n) is 3.87. The van der Waals surface area contributed by atoms with Gasteiger partial charge in [0.15, 0.2) is 5.65 Å². The average Bonchev–Trinajstić information content (AvgIpc) is 3.24. The molecule has 1 aliphatic rings. The number of imidazole rings is 1. The zero-order valence-electron chi connectivity index (χ0n) is 12.4. The molecule has 3 heterocycles. The molecule has 3 aromatic heterocycles. The lowest BCUT2D eigenvalue weighted by atomic mass is 10.2. The number of rotatable bonds is 3. The van der Waals surface area contributed by atoms with Crippen molar-refractivity contribution in [2.75, 3.05) is 7.11 Å². The van der Waals surface area contributed by atoms with Crippen LogP contribution in [-0.2, 0) is 0 Å². The van der Waals surface area contributed by atoms with Crippen molar-refractivity contribution in [1.82, 2.24) is 19.6 Å². The van der Waals surface area contributed by atoms with Gasteiger partial charge in [-0.3, -0.25) is 0 Å². The number of aryl methyl sites for hydroxylation is 1. The second kappa shape index (κ2) is 5.05. The van der Waals surface area contributed by atoms with Gasteiger partial charge >= 0.3 is 0 Å². The second-order valence-electron chi connectivity index (χ2n) is 5.64. The number of pyridine rings is 1. The van der Waals surface area contributed by atoms with Crippen molar-refractivity contribution in [2.45, 2.75) is 25.7 Å². The number of halogens is 1. The highest BCUT2D eigenvalue weighted by Gasteiger charge is 2.29. The van der Waals surface area contributed by atoms with Crippen molar-refractivity contribution >= 4 is 21.6 Å². The smallest absolute Gasteiger partial charge is 0.157 e. The van der Waals surface area contributed by atoms with Crippen LogP contribution in [0.3, 0.4) is 0 Å². The van der Waals surface area contributed by atoms with Crippen LogP contribution < -0.4 is 4.74 Å². The predicted molar refractivity (Wildman–Crippen MR) is 87.2 cm³/mol. The molecule has 6 heteroatoms. The Morgan fingerprint density at radius 1 is 1.27 bits per heavy atom. The number of hydrogen-bond donors (Lipinski definition) is 0. The molecule has 0 atom stereocenters. The lowest BCUT2D eigenvalue weighted by Crippen LogP contribution is -2.02. The third-order valence-corrected chi connectivity index (χ3v) is 4.28. The van der Waals surface area contributed by atoms with Gasteiger partial charge in [-0.15, -0.1) is 0 Å². The standard InChI is InChI=1S/C16H15BrN4O/c1-9-5-11(19-14(17)6-9)12-8-18-15-7-13(22-2)16(10-3-4-10)20-21(12)15/h5-8,10H,3-4H2,1-2H3. The second-order valence-corrected chi connectivity index (χ2v) is 6.45. The van der Waals surface area contributed by atoms with Crippen molar-refractivity contribution < 1.29 is 4.74 Å². The largest absolute Gasteiger partial charge is 0.495 e. The van der Waals surface area contributed by atoms with Crippen LogP contribution in [0, 0.1) is 6.92 Å². The minimum atomic E-state index is 0.506. The Labute approximate surface area is 136 Å². The fourth-order valence-corrected chi connectivity index (χ4v) is 3.20. The molecule has 4 rings (SSSR count). The first-order valence-electron chi connectivity index (χ1n) is 7.23. The van der Waals surface area contributed by atoms with Crippen LogP contribution in [-0.4, -0.2) is 26.7 Å². The Morgan fingerprint density at radius 2 is 2.09 bits per heavy atom. The molecule has 22 heavy (non-hydrogen) atoms. The highest BCUT2D eigenvalue weighted by atomic mass is 79.9. The van der Waals surface area contributed by atoms with Gasteiger partial charge in [0.1, 0.15) is 21.7 Å². The van der Waals surface area contributed by atoms with Crippen molar-refractivity contribution in [1.29, 1.82) is 0 Å². The summed E-state index contributed by atoms with van der Waals surface area (Å²) in [5.74, 6) is 1.33. The molecular formula is C16H15BrN4O. The topological polar surface area (TPSA) is 52.3 Å². The molecule has 1 saturated carbocycles. The fourth-order valence-electron chi connectivity index (χ4n) is 2.65. The average molecular weight is 359 g/mol. The normalized spacial score (nSPS) is 14.5. The van der Waals surface area contributed by atoms with E-state index in [-0.39, 0.29) is 0 Å². The Balaban J connectivity index is 1.93. The molecule has 1 aliphatic carbocycles. The lowest BCUT2D eigenvalue weighted by molar-refractivity contribution is 0.405. The first-order chi connectivity index (χ1) is 10.7. The Bertz CT molecular complexity index is 850. The zero-order chi connectivity index (χ0) is 15.3. The SMILES string of the molecule is COc1cc2ncc(-c3cc(C)cc(Br)n3)n2nc1C1CC1. The number of nitrogens with zero attached hydrogens (tertiary/aromatic N) is 4. The maximum Gasteiger partial charge on any atom is 0.157 e. The van der Waals surface area contributed by atoms with E-state index < -0.39 is 0 Å². The number of methoxy groups -OCH3 is 1. The quantitative estimate of drug-likeness (QED) is 0.669. The van der Waals surface area contributed by atoms with Gasteiger partial charge in [0, 0.05) is 12.0 Å². The molecule has 0 bridgehead atoms. The molecule has 1 fully saturated rings. The van der Waals surface area contributed by atoms with Crippen LogP contribution in [0.1, 0.15) is 30.0 Å². The van der Waals surface area contributed by atoms with Crippen LogP contribution in [0.4, 0.5) is 0 Å². The van der Waals surface area contributed by atoms with E-state index in [9.17, 15) is 0 Å². The van der Waals surface area contributed by atoms with E-state index in [4.69, 9.17) is 9.84 Å². The first kappa shape index (κ1) is 13.7.